The molecule has 0 N–H and O–H groups in total. The zero-order valence-electron chi connectivity index (χ0n) is 9.33. The quantitative estimate of drug-likeness (QED) is 0.749. The van der Waals surface area contributed by atoms with E-state index in [2.05, 4.69) is 23.0 Å². The van der Waals surface area contributed by atoms with Gasteiger partial charge in [-0.1, -0.05) is 6.92 Å². The fourth-order valence-corrected chi connectivity index (χ4v) is 1.47. The lowest BCUT2D eigenvalue weighted by Crippen LogP contribution is -2.44. The van der Waals surface area contributed by atoms with Gasteiger partial charge in [0.1, 0.15) is 6.61 Å². The van der Waals surface area contributed by atoms with Gasteiger partial charge in [0, 0.05) is 11.5 Å². The Kier molecular flexibility index (Phi) is 2.61. The van der Waals surface area contributed by atoms with E-state index in [1.807, 2.05) is 13.8 Å². The van der Waals surface area contributed by atoms with Gasteiger partial charge in [0.25, 0.3) is 0 Å². The van der Waals surface area contributed by atoms with Crippen molar-refractivity contribution in [2.45, 2.75) is 20.8 Å². The number of ether oxygens (including phenoxy) is 2. The van der Waals surface area contributed by atoms with E-state index in [4.69, 9.17) is 9.47 Å². The molecule has 2 rings (SSSR count). The molecule has 0 saturated carbocycles. The predicted molar refractivity (Wildman–Crippen MR) is 54.8 cm³/mol. The largest absolute Gasteiger partial charge is 0.463 e. The first-order chi connectivity index (χ1) is 7.07. The maximum atomic E-state index is 5.55. The molecule has 0 amide bonds. The van der Waals surface area contributed by atoms with Crippen molar-refractivity contribution in [3.05, 3.63) is 17.5 Å². The van der Waals surface area contributed by atoms with E-state index in [-0.39, 0.29) is 5.41 Å². The molecule has 1 aliphatic rings. The Labute approximate surface area is 89.6 Å². The van der Waals surface area contributed by atoms with Crippen LogP contribution in [0.15, 0.2) is 0 Å². The van der Waals surface area contributed by atoms with E-state index in [0.717, 1.165) is 24.6 Å². The van der Waals surface area contributed by atoms with Crippen LogP contribution in [0.3, 0.4) is 0 Å². The van der Waals surface area contributed by atoms with Gasteiger partial charge in [-0.3, -0.25) is 0 Å². The molecular formula is C11H15N2O2. The molecule has 0 spiro atoms. The molecule has 15 heavy (non-hydrogen) atoms. The lowest BCUT2D eigenvalue weighted by Gasteiger charge is -2.37. The second-order valence-electron chi connectivity index (χ2n) is 4.39. The fourth-order valence-electron chi connectivity index (χ4n) is 1.47. The van der Waals surface area contributed by atoms with Crippen LogP contribution < -0.4 is 4.74 Å². The maximum Gasteiger partial charge on any atom is 0.316 e. The molecule has 4 heteroatoms. The molecule has 81 valence electrons. The topological polar surface area (TPSA) is 44.2 Å². The molecule has 1 aromatic heterocycles. The van der Waals surface area contributed by atoms with E-state index in [1.165, 1.54) is 0 Å². The summed E-state index contributed by atoms with van der Waals surface area (Å²) in [7, 11) is 0. The fraction of sp³-hybridized carbons (Fsp3) is 0.636. The molecule has 0 aromatic carbocycles. The second-order valence-corrected chi connectivity index (χ2v) is 4.39. The van der Waals surface area contributed by atoms with Crippen LogP contribution in [0.4, 0.5) is 0 Å². The lowest BCUT2D eigenvalue weighted by atomic mass is 9.90. The van der Waals surface area contributed by atoms with Crippen LogP contribution in [0.2, 0.25) is 0 Å². The van der Waals surface area contributed by atoms with Crippen LogP contribution >= 0.6 is 0 Å². The second kappa shape index (κ2) is 3.77. The molecule has 1 aromatic rings. The average Bonchev–Trinajstić information content (AvgIpc) is 2.10. The molecule has 1 fully saturated rings. The van der Waals surface area contributed by atoms with Gasteiger partial charge in [0.2, 0.25) is 0 Å². The van der Waals surface area contributed by atoms with Gasteiger partial charge in [-0.25, -0.2) is 0 Å². The summed E-state index contributed by atoms with van der Waals surface area (Å²) in [5.41, 5.74) is 1.75. The van der Waals surface area contributed by atoms with Gasteiger partial charge in [0.05, 0.1) is 24.6 Å². The highest BCUT2D eigenvalue weighted by atomic mass is 16.5. The van der Waals surface area contributed by atoms with Crippen LogP contribution in [0.5, 0.6) is 6.01 Å². The standard InChI is InChI=1S/C11H15N2O2/c1-8-4-9(2)13-10(12-8)15-7-11(3)5-14-6-11/h5-7H2,1-3H3. The number of hydrogen-bond donors (Lipinski definition) is 0. The summed E-state index contributed by atoms with van der Waals surface area (Å²) < 4.78 is 10.7. The molecule has 2 heterocycles. The summed E-state index contributed by atoms with van der Waals surface area (Å²) in [6, 6.07) is 3.45. The van der Waals surface area contributed by atoms with Crippen molar-refractivity contribution in [2.75, 3.05) is 19.8 Å². The molecule has 0 unspecified atom stereocenters. The number of nitrogens with zero attached hydrogens (tertiary/aromatic N) is 2. The number of hydrogen-bond acceptors (Lipinski definition) is 4. The van der Waals surface area contributed by atoms with Crippen LogP contribution in [0.1, 0.15) is 18.3 Å². The van der Waals surface area contributed by atoms with E-state index in [9.17, 15) is 0 Å². The van der Waals surface area contributed by atoms with Gasteiger partial charge in [0.15, 0.2) is 0 Å². The minimum absolute atomic E-state index is 0.130. The Hall–Kier alpha value is -1.16. The van der Waals surface area contributed by atoms with Gasteiger partial charge >= 0.3 is 6.01 Å². The third-order valence-electron chi connectivity index (χ3n) is 2.34. The molecule has 0 aliphatic carbocycles. The highest BCUT2D eigenvalue weighted by Gasteiger charge is 2.34. The third-order valence-corrected chi connectivity index (χ3v) is 2.34. The smallest absolute Gasteiger partial charge is 0.316 e. The molecule has 0 atom stereocenters. The maximum absolute atomic E-state index is 5.55. The van der Waals surface area contributed by atoms with Crippen molar-refractivity contribution in [3.8, 4) is 6.01 Å². The summed E-state index contributed by atoms with van der Waals surface area (Å²) in [6.07, 6.45) is 0. The third kappa shape index (κ3) is 2.45. The SMILES string of the molecule is Cc1[c]c(C)nc(OCC2(C)COC2)n1. The Bertz CT molecular complexity index is 341. The van der Waals surface area contributed by atoms with Crippen molar-refractivity contribution in [1.82, 2.24) is 9.97 Å². The number of aromatic nitrogens is 2. The summed E-state index contributed by atoms with van der Waals surface area (Å²) in [5.74, 6) is 0. The highest BCUT2D eigenvalue weighted by Crippen LogP contribution is 2.26. The Morgan fingerprint density at radius 2 is 1.93 bits per heavy atom. The molecule has 1 aliphatic heterocycles. The molecule has 1 radical (unpaired) electrons. The average molecular weight is 207 g/mol. The molecule has 0 bridgehead atoms. The lowest BCUT2D eigenvalue weighted by molar-refractivity contribution is -0.121. The summed E-state index contributed by atoms with van der Waals surface area (Å²) >= 11 is 0. The van der Waals surface area contributed by atoms with Gasteiger partial charge < -0.3 is 9.47 Å². The van der Waals surface area contributed by atoms with Gasteiger partial charge in [-0.15, -0.1) is 0 Å². The van der Waals surface area contributed by atoms with Crippen LogP contribution in [-0.4, -0.2) is 29.8 Å². The van der Waals surface area contributed by atoms with Crippen LogP contribution in [0.25, 0.3) is 0 Å². The number of aryl methyl sites for hydroxylation is 2. The van der Waals surface area contributed by atoms with Crippen molar-refractivity contribution in [1.29, 1.82) is 0 Å². The summed E-state index contributed by atoms with van der Waals surface area (Å²) in [4.78, 5) is 8.33. The predicted octanol–water partition coefficient (Wildman–Crippen LogP) is 1.31. The Morgan fingerprint density at radius 3 is 2.40 bits per heavy atom. The van der Waals surface area contributed by atoms with E-state index >= 15 is 0 Å². The zero-order valence-corrected chi connectivity index (χ0v) is 9.33. The normalized spacial score (nSPS) is 18.3. The highest BCUT2D eigenvalue weighted by molar-refractivity contribution is 5.09. The zero-order chi connectivity index (χ0) is 10.9. The first-order valence-corrected chi connectivity index (χ1v) is 5.03. The first-order valence-electron chi connectivity index (χ1n) is 5.03. The first kappa shape index (κ1) is 10.4. The van der Waals surface area contributed by atoms with Crippen LogP contribution in [-0.2, 0) is 4.74 Å². The Morgan fingerprint density at radius 1 is 1.33 bits per heavy atom. The molecule has 1 saturated heterocycles. The van der Waals surface area contributed by atoms with E-state index < -0.39 is 0 Å². The Balaban J connectivity index is 1.98. The minimum Gasteiger partial charge on any atom is -0.463 e. The molecular weight excluding hydrogens is 192 g/mol. The summed E-state index contributed by atoms with van der Waals surface area (Å²) in [5, 5.41) is 0. The summed E-state index contributed by atoms with van der Waals surface area (Å²) in [6.45, 7) is 8.01. The van der Waals surface area contributed by atoms with E-state index in [1.54, 1.807) is 0 Å². The van der Waals surface area contributed by atoms with Crippen molar-refractivity contribution >= 4 is 0 Å². The minimum atomic E-state index is 0.130. The van der Waals surface area contributed by atoms with Crippen molar-refractivity contribution < 1.29 is 9.47 Å². The monoisotopic (exact) mass is 207 g/mol. The van der Waals surface area contributed by atoms with Crippen molar-refractivity contribution in [3.63, 3.8) is 0 Å². The van der Waals surface area contributed by atoms with Gasteiger partial charge in [-0.05, 0) is 13.8 Å². The molecule has 4 nitrogen and oxygen atoms in total. The number of rotatable bonds is 3. The van der Waals surface area contributed by atoms with E-state index in [0.29, 0.717) is 12.6 Å². The van der Waals surface area contributed by atoms with Crippen LogP contribution in [0, 0.1) is 25.3 Å². The van der Waals surface area contributed by atoms with Crippen molar-refractivity contribution in [2.24, 2.45) is 5.41 Å². The van der Waals surface area contributed by atoms with Gasteiger partial charge in [-0.2, -0.15) is 9.97 Å².